The van der Waals surface area contributed by atoms with E-state index in [1.54, 1.807) is 18.1 Å². The van der Waals surface area contributed by atoms with E-state index in [1.165, 1.54) is 0 Å². The summed E-state index contributed by atoms with van der Waals surface area (Å²) >= 11 is 0. The number of ether oxygens (including phenoxy) is 1. The van der Waals surface area contributed by atoms with Gasteiger partial charge in [-0.2, -0.15) is 4.98 Å². The molecule has 0 aliphatic heterocycles. The Hall–Kier alpha value is -2.54. The lowest BCUT2D eigenvalue weighted by molar-refractivity contribution is -0.133. The zero-order valence-corrected chi connectivity index (χ0v) is 13.7. The molecule has 0 fully saturated rings. The summed E-state index contributed by atoms with van der Waals surface area (Å²) in [7, 11) is 1.55. The van der Waals surface area contributed by atoms with Gasteiger partial charge in [0.15, 0.2) is 11.6 Å². The summed E-state index contributed by atoms with van der Waals surface area (Å²) in [5.74, 6) is 0.282. The SMILES string of the molecule is CCN(Cc1nc(COC)no1)C(=O)C1CC(=O)c2ccccc21. The summed E-state index contributed by atoms with van der Waals surface area (Å²) < 4.78 is 10.1. The number of amides is 1. The van der Waals surface area contributed by atoms with Gasteiger partial charge in [0.25, 0.3) is 0 Å². The topological polar surface area (TPSA) is 85.5 Å². The first-order valence-electron chi connectivity index (χ1n) is 7.85. The first kappa shape index (κ1) is 16.3. The quantitative estimate of drug-likeness (QED) is 0.805. The summed E-state index contributed by atoms with van der Waals surface area (Å²) in [6, 6.07) is 7.29. The third-order valence-corrected chi connectivity index (χ3v) is 4.13. The Bertz CT molecular complexity index is 756. The fraction of sp³-hybridized carbons (Fsp3) is 0.412. The van der Waals surface area contributed by atoms with Gasteiger partial charge in [-0.15, -0.1) is 0 Å². The van der Waals surface area contributed by atoms with Crippen LogP contribution in [0.4, 0.5) is 0 Å². The fourth-order valence-electron chi connectivity index (χ4n) is 2.95. The van der Waals surface area contributed by atoms with Crippen molar-refractivity contribution in [3.8, 4) is 0 Å². The maximum Gasteiger partial charge on any atom is 0.246 e. The van der Waals surface area contributed by atoms with Crippen LogP contribution in [0, 0.1) is 0 Å². The highest BCUT2D eigenvalue weighted by atomic mass is 16.5. The monoisotopic (exact) mass is 329 g/mol. The summed E-state index contributed by atoms with van der Waals surface area (Å²) in [6.07, 6.45) is 0.216. The van der Waals surface area contributed by atoms with Crippen molar-refractivity contribution in [2.45, 2.75) is 32.4 Å². The van der Waals surface area contributed by atoms with Crippen molar-refractivity contribution in [3.63, 3.8) is 0 Å². The average Bonchev–Trinajstić information content (AvgIpc) is 3.17. The van der Waals surface area contributed by atoms with Crippen molar-refractivity contribution < 1.29 is 18.8 Å². The lowest BCUT2D eigenvalue weighted by atomic mass is 10.00. The van der Waals surface area contributed by atoms with Crippen LogP contribution in [-0.2, 0) is 22.7 Å². The normalized spacial score (nSPS) is 16.2. The lowest BCUT2D eigenvalue weighted by Gasteiger charge is -2.22. The first-order chi connectivity index (χ1) is 11.6. The number of hydrogen-bond acceptors (Lipinski definition) is 6. The van der Waals surface area contributed by atoms with Gasteiger partial charge < -0.3 is 14.2 Å². The number of nitrogens with zero attached hydrogens (tertiary/aromatic N) is 3. The van der Waals surface area contributed by atoms with Crippen molar-refractivity contribution in [2.24, 2.45) is 0 Å². The average molecular weight is 329 g/mol. The van der Waals surface area contributed by atoms with Crippen LogP contribution in [0.2, 0.25) is 0 Å². The van der Waals surface area contributed by atoms with E-state index >= 15 is 0 Å². The number of carbonyl (C=O) groups excluding carboxylic acids is 2. The van der Waals surface area contributed by atoms with Crippen molar-refractivity contribution in [1.82, 2.24) is 15.0 Å². The fourth-order valence-corrected chi connectivity index (χ4v) is 2.95. The third kappa shape index (κ3) is 3.07. The minimum absolute atomic E-state index is 0.0141. The minimum atomic E-state index is -0.435. The van der Waals surface area contributed by atoms with E-state index < -0.39 is 5.92 Å². The lowest BCUT2D eigenvalue weighted by Crippen LogP contribution is -2.34. The molecule has 1 unspecified atom stereocenters. The van der Waals surface area contributed by atoms with E-state index in [0.717, 1.165) is 5.56 Å². The second-order valence-corrected chi connectivity index (χ2v) is 5.66. The smallest absolute Gasteiger partial charge is 0.246 e. The third-order valence-electron chi connectivity index (χ3n) is 4.13. The van der Waals surface area contributed by atoms with Gasteiger partial charge in [0.1, 0.15) is 6.61 Å². The molecule has 0 saturated heterocycles. The number of benzene rings is 1. The van der Waals surface area contributed by atoms with E-state index in [0.29, 0.717) is 23.8 Å². The molecule has 2 aromatic rings. The maximum absolute atomic E-state index is 12.9. The van der Waals surface area contributed by atoms with Crippen LogP contribution in [-0.4, -0.2) is 40.4 Å². The number of ketones is 1. The van der Waals surface area contributed by atoms with E-state index in [2.05, 4.69) is 10.1 Å². The van der Waals surface area contributed by atoms with Crippen molar-refractivity contribution in [3.05, 3.63) is 47.1 Å². The van der Waals surface area contributed by atoms with Crippen LogP contribution in [0.25, 0.3) is 0 Å². The van der Waals surface area contributed by atoms with Gasteiger partial charge in [-0.25, -0.2) is 0 Å². The number of carbonyl (C=O) groups is 2. The van der Waals surface area contributed by atoms with Crippen molar-refractivity contribution >= 4 is 11.7 Å². The molecular weight excluding hydrogens is 310 g/mol. The minimum Gasteiger partial charge on any atom is -0.377 e. The Balaban J connectivity index is 1.76. The van der Waals surface area contributed by atoms with Gasteiger partial charge >= 0.3 is 0 Å². The largest absolute Gasteiger partial charge is 0.377 e. The molecule has 1 aliphatic carbocycles. The van der Waals surface area contributed by atoms with Gasteiger partial charge in [-0.1, -0.05) is 29.4 Å². The molecule has 7 heteroatoms. The Morgan fingerprint density at radius 3 is 2.96 bits per heavy atom. The highest BCUT2D eigenvalue weighted by Crippen LogP contribution is 2.34. The van der Waals surface area contributed by atoms with Crippen molar-refractivity contribution in [2.75, 3.05) is 13.7 Å². The number of fused-ring (bicyclic) bond motifs is 1. The van der Waals surface area contributed by atoms with E-state index in [-0.39, 0.29) is 31.3 Å². The molecule has 1 amide bonds. The number of methoxy groups -OCH3 is 1. The molecule has 126 valence electrons. The maximum atomic E-state index is 12.9. The Kier molecular flexibility index (Phi) is 4.71. The molecular formula is C17H19N3O4. The Labute approximate surface area is 139 Å². The van der Waals surface area contributed by atoms with Crippen LogP contribution in [0.3, 0.4) is 0 Å². The number of likely N-dealkylation sites (N-methyl/N-ethyl adjacent to an activating group) is 1. The van der Waals surface area contributed by atoms with Crippen LogP contribution in [0.1, 0.15) is 46.9 Å². The molecule has 1 aliphatic rings. The molecule has 1 atom stereocenters. The second-order valence-electron chi connectivity index (χ2n) is 5.66. The molecule has 0 N–H and O–H groups in total. The molecule has 1 aromatic carbocycles. The number of Topliss-reactive ketones (excluding diaryl/α,β-unsaturated/α-hetero) is 1. The molecule has 7 nitrogen and oxygen atoms in total. The predicted octanol–water partition coefficient (Wildman–Crippen LogP) is 1.93. The van der Waals surface area contributed by atoms with Crippen LogP contribution >= 0.6 is 0 Å². The molecule has 24 heavy (non-hydrogen) atoms. The van der Waals surface area contributed by atoms with Crippen molar-refractivity contribution in [1.29, 1.82) is 0 Å². The Morgan fingerprint density at radius 2 is 2.21 bits per heavy atom. The van der Waals surface area contributed by atoms with E-state index in [4.69, 9.17) is 9.26 Å². The summed E-state index contributed by atoms with van der Waals surface area (Å²) in [4.78, 5) is 30.8. The molecule has 1 aromatic heterocycles. The summed E-state index contributed by atoms with van der Waals surface area (Å²) in [6.45, 7) is 2.85. The molecule has 0 radical (unpaired) electrons. The van der Waals surface area contributed by atoms with Gasteiger partial charge in [0.05, 0.1) is 12.5 Å². The number of aromatic nitrogens is 2. The second kappa shape index (κ2) is 6.92. The van der Waals surface area contributed by atoms with Gasteiger partial charge in [0.2, 0.25) is 11.8 Å². The highest BCUT2D eigenvalue weighted by molar-refractivity contribution is 6.06. The van der Waals surface area contributed by atoms with Gasteiger partial charge in [-0.3, -0.25) is 9.59 Å². The van der Waals surface area contributed by atoms with Crippen LogP contribution in [0.15, 0.2) is 28.8 Å². The standard InChI is InChI=1S/C17H19N3O4/c1-3-20(9-16-18-15(10-23-2)19-24-16)17(22)13-8-14(21)12-7-5-4-6-11(12)13/h4-7,13H,3,8-10H2,1-2H3. The Morgan fingerprint density at radius 1 is 1.42 bits per heavy atom. The molecule has 3 rings (SSSR count). The summed E-state index contributed by atoms with van der Waals surface area (Å²) in [5, 5.41) is 3.79. The molecule has 0 bridgehead atoms. The molecule has 0 saturated carbocycles. The van der Waals surface area contributed by atoms with Crippen LogP contribution < -0.4 is 0 Å². The molecule has 1 heterocycles. The zero-order chi connectivity index (χ0) is 17.1. The van der Waals surface area contributed by atoms with Gasteiger partial charge in [0, 0.05) is 25.6 Å². The summed E-state index contributed by atoms with van der Waals surface area (Å²) in [5.41, 5.74) is 1.45. The first-order valence-corrected chi connectivity index (χ1v) is 7.85. The molecule has 0 spiro atoms. The highest BCUT2D eigenvalue weighted by Gasteiger charge is 2.36. The number of hydrogen-bond donors (Lipinski definition) is 0. The van der Waals surface area contributed by atoms with E-state index in [9.17, 15) is 9.59 Å². The van der Waals surface area contributed by atoms with Gasteiger partial charge in [-0.05, 0) is 12.5 Å². The van der Waals surface area contributed by atoms with E-state index in [1.807, 2.05) is 25.1 Å². The zero-order valence-electron chi connectivity index (χ0n) is 13.7. The predicted molar refractivity (Wildman–Crippen MR) is 84.2 cm³/mol. The van der Waals surface area contributed by atoms with Crippen LogP contribution in [0.5, 0.6) is 0 Å². The number of rotatable bonds is 6.